The Bertz CT molecular complexity index is 396. The molecule has 2 rings (SSSR count). The molecule has 1 fully saturated rings. The second kappa shape index (κ2) is 5.52. The molecule has 0 aromatic carbocycles. The number of aryl methyl sites for hydroxylation is 1. The fourth-order valence-electron chi connectivity index (χ4n) is 1.66. The number of imidazole rings is 1. The van der Waals surface area contributed by atoms with E-state index in [0.717, 1.165) is 5.82 Å². The second-order valence-electron chi connectivity index (χ2n) is 3.79. The Hall–Kier alpha value is -1.05. The summed E-state index contributed by atoms with van der Waals surface area (Å²) < 4.78 is 15.9. The lowest BCUT2D eigenvalue weighted by Crippen LogP contribution is -2.45. The van der Waals surface area contributed by atoms with Gasteiger partial charge in [-0.15, -0.1) is 0 Å². The summed E-state index contributed by atoms with van der Waals surface area (Å²) in [4.78, 5) is 17.6. The van der Waals surface area contributed by atoms with Crippen molar-refractivity contribution in [3.05, 3.63) is 18.2 Å². The van der Waals surface area contributed by atoms with Gasteiger partial charge in [0.25, 0.3) is 0 Å². The van der Waals surface area contributed by atoms with Crippen molar-refractivity contribution in [2.45, 2.75) is 18.9 Å². The van der Waals surface area contributed by atoms with Crippen molar-refractivity contribution in [2.24, 2.45) is 0 Å². The van der Waals surface area contributed by atoms with Gasteiger partial charge in [0, 0.05) is 24.8 Å². The fourth-order valence-corrected chi connectivity index (χ4v) is 2.07. The molecular formula is C10H14N3O3S. The third kappa shape index (κ3) is 2.99. The summed E-state index contributed by atoms with van der Waals surface area (Å²) in [6, 6.07) is 0. The second-order valence-corrected chi connectivity index (χ2v) is 4.53. The van der Waals surface area contributed by atoms with Gasteiger partial charge in [-0.25, -0.2) is 4.98 Å². The normalized spacial score (nSPS) is 20.6. The number of hydrogen-bond acceptors (Lipinski definition) is 5. The average Bonchev–Trinajstić information content (AvgIpc) is 2.75. The number of aromatic nitrogens is 2. The predicted molar refractivity (Wildman–Crippen MR) is 62.3 cm³/mol. The molecule has 0 spiro atoms. The number of ether oxygens (including phenoxy) is 1. The van der Waals surface area contributed by atoms with Gasteiger partial charge in [-0.1, -0.05) is 0 Å². The summed E-state index contributed by atoms with van der Waals surface area (Å²) >= 11 is 0.637. The van der Waals surface area contributed by atoms with Gasteiger partial charge in [-0.05, 0) is 6.92 Å². The first-order valence-corrected chi connectivity index (χ1v) is 6.14. The molecule has 1 aromatic rings. The largest absolute Gasteiger partial charge is 0.362 e. The van der Waals surface area contributed by atoms with Crippen LogP contribution in [-0.4, -0.2) is 50.0 Å². The monoisotopic (exact) mass is 256 g/mol. The lowest BCUT2D eigenvalue weighted by Gasteiger charge is -2.31. The maximum Gasteiger partial charge on any atom is 0.242 e. The van der Waals surface area contributed by atoms with Crippen LogP contribution in [0.15, 0.2) is 6.20 Å². The zero-order chi connectivity index (χ0) is 12.3. The molecule has 0 bridgehead atoms. The topological polar surface area (TPSA) is 67.6 Å². The van der Waals surface area contributed by atoms with Crippen LogP contribution < -0.4 is 0 Å². The smallest absolute Gasteiger partial charge is 0.242 e. The minimum Gasteiger partial charge on any atom is -0.362 e. The van der Waals surface area contributed by atoms with E-state index in [-0.39, 0.29) is 17.9 Å². The Morgan fingerprint density at radius 3 is 3.29 bits per heavy atom. The van der Waals surface area contributed by atoms with E-state index in [1.54, 1.807) is 15.7 Å². The van der Waals surface area contributed by atoms with Gasteiger partial charge >= 0.3 is 0 Å². The molecule has 2 heterocycles. The third-order valence-corrected chi connectivity index (χ3v) is 3.19. The van der Waals surface area contributed by atoms with E-state index in [1.165, 1.54) is 0 Å². The maximum absolute atomic E-state index is 12.0. The molecule has 1 saturated heterocycles. The van der Waals surface area contributed by atoms with Crippen molar-refractivity contribution >= 4 is 17.9 Å². The quantitative estimate of drug-likeness (QED) is 0.792. The molecule has 1 aromatic heterocycles. The Morgan fingerprint density at radius 2 is 2.65 bits per heavy atom. The standard InChI is InChI=1S/C10H14N3O3S/c1-8-11-2-3-12(8)6-9(14)13-4-5-16-10(7-13)17-15/h3,10,15H,4-7H2,1H3. The highest BCUT2D eigenvalue weighted by molar-refractivity contribution is 7.94. The Kier molecular flexibility index (Phi) is 4.03. The summed E-state index contributed by atoms with van der Waals surface area (Å²) in [5.41, 5.74) is -0.344. The van der Waals surface area contributed by atoms with E-state index >= 15 is 0 Å². The van der Waals surface area contributed by atoms with E-state index < -0.39 is 0 Å². The van der Waals surface area contributed by atoms with E-state index in [9.17, 15) is 4.79 Å². The van der Waals surface area contributed by atoms with Gasteiger partial charge in [0.05, 0.1) is 13.2 Å². The molecule has 1 unspecified atom stereocenters. The molecule has 1 amide bonds. The first kappa shape index (κ1) is 12.4. The highest BCUT2D eigenvalue weighted by Gasteiger charge is 2.24. The molecule has 6 nitrogen and oxygen atoms in total. The summed E-state index contributed by atoms with van der Waals surface area (Å²) in [5, 5.41) is 0. The van der Waals surface area contributed by atoms with Crippen LogP contribution >= 0.6 is 12.0 Å². The molecule has 1 radical (unpaired) electrons. The van der Waals surface area contributed by atoms with Crippen LogP contribution in [0, 0.1) is 13.1 Å². The van der Waals surface area contributed by atoms with Crippen LogP contribution in [0.4, 0.5) is 0 Å². The summed E-state index contributed by atoms with van der Waals surface area (Å²) in [6.07, 6.45) is 4.36. The molecule has 17 heavy (non-hydrogen) atoms. The van der Waals surface area contributed by atoms with Gasteiger partial charge in [0.15, 0.2) is 0 Å². The van der Waals surface area contributed by atoms with E-state index in [2.05, 4.69) is 11.2 Å². The highest BCUT2D eigenvalue weighted by Crippen LogP contribution is 2.14. The first-order valence-electron chi connectivity index (χ1n) is 5.30. The molecule has 1 aliphatic heterocycles. The van der Waals surface area contributed by atoms with Crippen LogP contribution in [-0.2, 0) is 16.1 Å². The molecular weight excluding hydrogens is 242 g/mol. The van der Waals surface area contributed by atoms with Crippen molar-refractivity contribution in [1.82, 2.24) is 14.5 Å². The molecule has 1 aliphatic rings. The molecule has 1 N–H and O–H groups in total. The SMILES string of the molecule is Cc1n[c]cn1CC(=O)N1CCOC(SO)C1. The van der Waals surface area contributed by atoms with E-state index in [4.69, 9.17) is 9.29 Å². The first-order chi connectivity index (χ1) is 8.20. The van der Waals surface area contributed by atoms with Crippen molar-refractivity contribution in [3.63, 3.8) is 0 Å². The predicted octanol–water partition coefficient (Wildman–Crippen LogP) is 0.383. The maximum atomic E-state index is 12.0. The van der Waals surface area contributed by atoms with E-state index in [0.29, 0.717) is 31.7 Å². The lowest BCUT2D eigenvalue weighted by molar-refractivity contribution is -0.136. The third-order valence-electron chi connectivity index (χ3n) is 2.67. The van der Waals surface area contributed by atoms with Crippen molar-refractivity contribution in [2.75, 3.05) is 19.7 Å². The number of hydrogen-bond donors (Lipinski definition) is 1. The van der Waals surface area contributed by atoms with Crippen LogP contribution in [0.5, 0.6) is 0 Å². The Labute approximate surface area is 104 Å². The molecule has 93 valence electrons. The number of rotatable bonds is 3. The van der Waals surface area contributed by atoms with Crippen molar-refractivity contribution < 1.29 is 14.1 Å². The van der Waals surface area contributed by atoms with Crippen LogP contribution in [0.25, 0.3) is 0 Å². The van der Waals surface area contributed by atoms with Gasteiger partial charge in [0.1, 0.15) is 24.0 Å². The van der Waals surface area contributed by atoms with Gasteiger partial charge in [-0.3, -0.25) is 4.79 Å². The van der Waals surface area contributed by atoms with Crippen LogP contribution in [0.1, 0.15) is 5.82 Å². The van der Waals surface area contributed by atoms with Gasteiger partial charge in [-0.2, -0.15) is 0 Å². The minimum atomic E-state index is -0.344. The van der Waals surface area contributed by atoms with Gasteiger partial charge in [0.2, 0.25) is 5.91 Å². The number of amides is 1. The summed E-state index contributed by atoms with van der Waals surface area (Å²) in [5.74, 6) is 0.765. The number of carbonyl (C=O) groups is 1. The zero-order valence-electron chi connectivity index (χ0n) is 9.50. The van der Waals surface area contributed by atoms with Gasteiger partial charge < -0.3 is 18.8 Å². The summed E-state index contributed by atoms with van der Waals surface area (Å²) in [7, 11) is 0. The lowest BCUT2D eigenvalue weighted by atomic mass is 10.4. The molecule has 0 saturated carbocycles. The van der Waals surface area contributed by atoms with Crippen LogP contribution in [0.2, 0.25) is 0 Å². The van der Waals surface area contributed by atoms with Crippen molar-refractivity contribution in [3.8, 4) is 0 Å². The fraction of sp³-hybridized carbons (Fsp3) is 0.600. The minimum absolute atomic E-state index is 0.00171. The Balaban J connectivity index is 1.94. The number of nitrogens with zero attached hydrogens (tertiary/aromatic N) is 3. The number of carbonyl (C=O) groups excluding carboxylic acids is 1. The van der Waals surface area contributed by atoms with E-state index in [1.807, 2.05) is 6.92 Å². The van der Waals surface area contributed by atoms with Crippen LogP contribution in [0.3, 0.4) is 0 Å². The molecule has 0 aliphatic carbocycles. The zero-order valence-corrected chi connectivity index (χ0v) is 10.3. The number of morpholine rings is 1. The summed E-state index contributed by atoms with van der Waals surface area (Å²) in [6.45, 7) is 3.52. The highest BCUT2D eigenvalue weighted by atomic mass is 32.2. The molecule has 7 heteroatoms. The molecule has 1 atom stereocenters. The Morgan fingerprint density at radius 1 is 1.82 bits per heavy atom. The van der Waals surface area contributed by atoms with Crippen molar-refractivity contribution in [1.29, 1.82) is 0 Å². The average molecular weight is 256 g/mol.